The molecule has 2 rings (SSSR count). The summed E-state index contributed by atoms with van der Waals surface area (Å²) in [7, 11) is 2.08. The van der Waals surface area contributed by atoms with Crippen LogP contribution in [0.25, 0.3) is 0 Å². The second kappa shape index (κ2) is 11.7. The van der Waals surface area contributed by atoms with Crippen molar-refractivity contribution in [3.8, 4) is 0 Å². The fourth-order valence-corrected chi connectivity index (χ4v) is 2.90. The monoisotopic (exact) mass is 391 g/mol. The molecule has 3 N–H and O–H groups in total. The normalized spacial score (nSPS) is 17.1. The van der Waals surface area contributed by atoms with Crippen LogP contribution in [0.5, 0.6) is 0 Å². The third-order valence-electron chi connectivity index (χ3n) is 4.91. The van der Waals surface area contributed by atoms with Crippen LogP contribution in [0.4, 0.5) is 0 Å². The zero-order valence-corrected chi connectivity index (χ0v) is 16.7. The van der Waals surface area contributed by atoms with Gasteiger partial charge in [-0.2, -0.15) is 0 Å². The van der Waals surface area contributed by atoms with Gasteiger partial charge in [0, 0.05) is 38.9 Å². The van der Waals surface area contributed by atoms with E-state index in [1.807, 2.05) is 18.2 Å². The number of benzene rings is 1. The van der Waals surface area contributed by atoms with Crippen LogP contribution in [0.3, 0.4) is 0 Å². The van der Waals surface area contributed by atoms with Crippen LogP contribution in [-0.2, 0) is 16.1 Å². The molecule has 0 bridgehead atoms. The molecule has 0 radical (unpaired) electrons. The van der Waals surface area contributed by atoms with E-state index in [0.717, 1.165) is 6.54 Å². The lowest BCUT2D eigenvalue weighted by molar-refractivity contribution is -0.136. The van der Waals surface area contributed by atoms with Crippen molar-refractivity contribution in [3.05, 3.63) is 35.9 Å². The van der Waals surface area contributed by atoms with E-state index < -0.39 is 5.41 Å². The Hall–Kier alpha value is -0.850. The minimum absolute atomic E-state index is 0. The summed E-state index contributed by atoms with van der Waals surface area (Å²) in [5.41, 5.74) is 6.71. The SMILES string of the molecule is CC(CNC(=O)C1(CN)CCOCC1)N(C)Cc1ccccc1.Cl.Cl. The van der Waals surface area contributed by atoms with Gasteiger partial charge >= 0.3 is 0 Å². The predicted octanol–water partition coefficient (Wildman–Crippen LogP) is 2.22. The third kappa shape index (κ3) is 6.76. The van der Waals surface area contributed by atoms with E-state index in [1.54, 1.807) is 0 Å². The maximum Gasteiger partial charge on any atom is 0.227 e. The van der Waals surface area contributed by atoms with Crippen molar-refractivity contribution >= 4 is 30.7 Å². The highest BCUT2D eigenvalue weighted by atomic mass is 35.5. The van der Waals surface area contributed by atoms with E-state index in [-0.39, 0.29) is 36.8 Å². The Morgan fingerprint density at radius 1 is 1.28 bits per heavy atom. The Bertz CT molecular complexity index is 496. The van der Waals surface area contributed by atoms with Crippen molar-refractivity contribution in [2.24, 2.45) is 11.1 Å². The number of rotatable bonds is 7. The standard InChI is InChI=1S/C18H29N3O2.2ClH/c1-15(21(2)13-16-6-4-3-5-7-16)12-20-17(22)18(14-19)8-10-23-11-9-18;;/h3-7,15H,8-14,19H2,1-2H3,(H,20,22);2*1H. The second-order valence-corrected chi connectivity index (χ2v) is 6.56. The van der Waals surface area contributed by atoms with Crippen LogP contribution in [0, 0.1) is 5.41 Å². The lowest BCUT2D eigenvalue weighted by Gasteiger charge is -2.35. The molecule has 7 heteroatoms. The molecule has 1 saturated heterocycles. The molecule has 0 saturated carbocycles. The minimum Gasteiger partial charge on any atom is -0.381 e. The number of amides is 1. The summed E-state index contributed by atoms with van der Waals surface area (Å²) in [5, 5.41) is 3.09. The van der Waals surface area contributed by atoms with Gasteiger partial charge in [-0.15, -0.1) is 24.8 Å². The number of hydrogen-bond acceptors (Lipinski definition) is 4. The summed E-state index contributed by atoms with van der Waals surface area (Å²) in [4.78, 5) is 14.8. The van der Waals surface area contributed by atoms with E-state index in [0.29, 0.717) is 39.1 Å². The summed E-state index contributed by atoms with van der Waals surface area (Å²) in [5.74, 6) is 0.0725. The molecule has 1 unspecified atom stereocenters. The van der Waals surface area contributed by atoms with Crippen LogP contribution < -0.4 is 11.1 Å². The Labute approximate surface area is 163 Å². The second-order valence-electron chi connectivity index (χ2n) is 6.56. The van der Waals surface area contributed by atoms with Gasteiger partial charge in [-0.25, -0.2) is 0 Å². The first-order chi connectivity index (χ1) is 11.1. The largest absolute Gasteiger partial charge is 0.381 e. The molecule has 25 heavy (non-hydrogen) atoms. The van der Waals surface area contributed by atoms with Crippen molar-refractivity contribution in [2.75, 3.05) is 33.4 Å². The van der Waals surface area contributed by atoms with Gasteiger partial charge in [0.25, 0.3) is 0 Å². The molecule has 1 fully saturated rings. The van der Waals surface area contributed by atoms with Gasteiger partial charge < -0.3 is 15.8 Å². The molecule has 1 atom stereocenters. The van der Waals surface area contributed by atoms with Crippen molar-refractivity contribution in [1.82, 2.24) is 10.2 Å². The Kier molecular flexibility index (Phi) is 11.3. The van der Waals surface area contributed by atoms with Crippen LogP contribution in [-0.4, -0.2) is 50.2 Å². The van der Waals surface area contributed by atoms with Crippen molar-refractivity contribution in [2.45, 2.75) is 32.4 Å². The number of nitrogens with one attached hydrogen (secondary N) is 1. The molecular weight excluding hydrogens is 361 g/mol. The first-order valence-corrected chi connectivity index (χ1v) is 8.38. The van der Waals surface area contributed by atoms with Crippen molar-refractivity contribution in [3.63, 3.8) is 0 Å². The van der Waals surface area contributed by atoms with Gasteiger partial charge in [0.15, 0.2) is 0 Å². The Balaban J connectivity index is 0.00000288. The summed E-state index contributed by atoms with van der Waals surface area (Å²) < 4.78 is 5.36. The highest BCUT2D eigenvalue weighted by Gasteiger charge is 2.38. The van der Waals surface area contributed by atoms with Gasteiger partial charge in [0.1, 0.15) is 0 Å². The number of halogens is 2. The van der Waals surface area contributed by atoms with Crippen LogP contribution >= 0.6 is 24.8 Å². The molecule has 0 spiro atoms. The molecule has 1 heterocycles. The Morgan fingerprint density at radius 3 is 2.44 bits per heavy atom. The summed E-state index contributed by atoms with van der Waals surface area (Å²) in [6, 6.07) is 10.6. The smallest absolute Gasteiger partial charge is 0.227 e. The number of ether oxygens (including phenoxy) is 1. The Morgan fingerprint density at radius 2 is 1.88 bits per heavy atom. The molecule has 5 nitrogen and oxygen atoms in total. The fraction of sp³-hybridized carbons (Fsp3) is 0.611. The van der Waals surface area contributed by atoms with Gasteiger partial charge in [-0.05, 0) is 32.4 Å². The molecule has 1 aliphatic rings. The van der Waals surface area contributed by atoms with Crippen LogP contribution in [0.2, 0.25) is 0 Å². The molecule has 0 aliphatic carbocycles. The van der Waals surface area contributed by atoms with Crippen molar-refractivity contribution in [1.29, 1.82) is 0 Å². The number of nitrogens with two attached hydrogens (primary N) is 1. The zero-order valence-electron chi connectivity index (χ0n) is 15.1. The van der Waals surface area contributed by atoms with Crippen molar-refractivity contribution < 1.29 is 9.53 Å². The number of hydrogen-bond donors (Lipinski definition) is 2. The quantitative estimate of drug-likeness (QED) is 0.747. The maximum atomic E-state index is 12.6. The van der Waals surface area contributed by atoms with E-state index in [1.165, 1.54) is 5.56 Å². The molecule has 144 valence electrons. The molecular formula is C18H31Cl2N3O2. The summed E-state index contributed by atoms with van der Waals surface area (Å²) >= 11 is 0. The van der Waals surface area contributed by atoms with Gasteiger partial charge in [-0.3, -0.25) is 9.69 Å². The van der Waals surface area contributed by atoms with E-state index in [2.05, 4.69) is 36.3 Å². The maximum absolute atomic E-state index is 12.6. The van der Waals surface area contributed by atoms with Crippen LogP contribution in [0.1, 0.15) is 25.3 Å². The first kappa shape index (κ1) is 24.1. The number of nitrogens with zero attached hydrogens (tertiary/aromatic N) is 1. The molecule has 1 aromatic carbocycles. The lowest BCUT2D eigenvalue weighted by atomic mass is 9.79. The van der Waals surface area contributed by atoms with Gasteiger partial charge in [0.05, 0.1) is 5.41 Å². The number of likely N-dealkylation sites (N-methyl/N-ethyl adjacent to an activating group) is 1. The highest BCUT2D eigenvalue weighted by Crippen LogP contribution is 2.29. The fourth-order valence-electron chi connectivity index (χ4n) is 2.90. The van der Waals surface area contributed by atoms with E-state index >= 15 is 0 Å². The first-order valence-electron chi connectivity index (χ1n) is 8.38. The molecule has 1 aliphatic heterocycles. The number of carbonyl (C=O) groups is 1. The average molecular weight is 392 g/mol. The molecule has 1 aromatic rings. The molecule has 0 aromatic heterocycles. The summed E-state index contributed by atoms with van der Waals surface area (Å²) in [6.07, 6.45) is 1.42. The number of carbonyl (C=O) groups excluding carboxylic acids is 1. The predicted molar refractivity (Wildman–Crippen MR) is 106 cm³/mol. The van der Waals surface area contributed by atoms with E-state index in [9.17, 15) is 4.79 Å². The van der Waals surface area contributed by atoms with Gasteiger partial charge in [-0.1, -0.05) is 30.3 Å². The van der Waals surface area contributed by atoms with Gasteiger partial charge in [0.2, 0.25) is 5.91 Å². The summed E-state index contributed by atoms with van der Waals surface area (Å²) in [6.45, 7) is 5.25. The topological polar surface area (TPSA) is 67.6 Å². The average Bonchev–Trinajstić information content (AvgIpc) is 2.60. The lowest BCUT2D eigenvalue weighted by Crippen LogP contribution is -2.51. The van der Waals surface area contributed by atoms with E-state index in [4.69, 9.17) is 10.5 Å². The third-order valence-corrected chi connectivity index (χ3v) is 4.91. The molecule has 1 amide bonds. The minimum atomic E-state index is -0.448. The highest BCUT2D eigenvalue weighted by molar-refractivity contribution is 5.85. The van der Waals surface area contributed by atoms with Crippen LogP contribution in [0.15, 0.2) is 30.3 Å². The zero-order chi connectivity index (χ0) is 16.7.